The zero-order valence-electron chi connectivity index (χ0n) is 12.9. The third-order valence-electron chi connectivity index (χ3n) is 3.92. The summed E-state index contributed by atoms with van der Waals surface area (Å²) in [5, 5.41) is 12.1. The molecule has 6 heteroatoms. The SMILES string of the molecule is CC1C(C(=O)O)CCN1C(=O)Cc1csc(C(C)(C)C)n1. The van der Waals surface area contributed by atoms with Crippen molar-refractivity contribution in [3.63, 3.8) is 0 Å². The molecule has 1 aliphatic rings. The molecular weight excluding hydrogens is 288 g/mol. The number of amides is 1. The lowest BCUT2D eigenvalue weighted by molar-refractivity contribution is -0.143. The molecule has 1 aromatic rings. The summed E-state index contributed by atoms with van der Waals surface area (Å²) in [6.45, 7) is 8.62. The fourth-order valence-corrected chi connectivity index (χ4v) is 3.52. The highest BCUT2D eigenvalue weighted by Crippen LogP contribution is 2.27. The number of carboxylic acids is 1. The molecule has 2 rings (SSSR count). The van der Waals surface area contributed by atoms with E-state index in [1.807, 2.05) is 12.3 Å². The van der Waals surface area contributed by atoms with E-state index in [1.165, 1.54) is 0 Å². The molecule has 1 saturated heterocycles. The number of likely N-dealkylation sites (tertiary alicyclic amines) is 1. The van der Waals surface area contributed by atoms with E-state index in [-0.39, 0.29) is 23.8 Å². The predicted molar refractivity (Wildman–Crippen MR) is 81.4 cm³/mol. The van der Waals surface area contributed by atoms with E-state index in [2.05, 4.69) is 25.8 Å². The van der Waals surface area contributed by atoms with Gasteiger partial charge < -0.3 is 10.0 Å². The first-order chi connectivity index (χ1) is 9.70. The molecule has 0 bridgehead atoms. The van der Waals surface area contributed by atoms with Crippen molar-refractivity contribution in [1.29, 1.82) is 0 Å². The van der Waals surface area contributed by atoms with Crippen molar-refractivity contribution in [2.75, 3.05) is 6.54 Å². The lowest BCUT2D eigenvalue weighted by Crippen LogP contribution is -2.38. The molecule has 1 amide bonds. The van der Waals surface area contributed by atoms with Crippen LogP contribution in [0.5, 0.6) is 0 Å². The zero-order chi connectivity index (χ0) is 15.8. The second-order valence-corrected chi connectivity index (χ2v) is 7.49. The highest BCUT2D eigenvalue weighted by Gasteiger charge is 2.38. The Hall–Kier alpha value is -1.43. The first kappa shape index (κ1) is 15.9. The number of rotatable bonds is 3. The van der Waals surface area contributed by atoms with Gasteiger partial charge in [-0.3, -0.25) is 9.59 Å². The molecule has 0 spiro atoms. The standard InChI is InChI=1S/C15H22N2O3S/c1-9-11(13(19)20)5-6-17(9)12(18)7-10-8-21-14(16-10)15(2,3)4/h8-9,11H,5-7H2,1-4H3,(H,19,20). The molecule has 5 nitrogen and oxygen atoms in total. The number of aromatic nitrogens is 1. The number of thiazole rings is 1. The van der Waals surface area contributed by atoms with Crippen LogP contribution in [-0.2, 0) is 21.4 Å². The van der Waals surface area contributed by atoms with E-state index in [4.69, 9.17) is 5.11 Å². The maximum atomic E-state index is 12.3. The number of hydrogen-bond donors (Lipinski definition) is 1. The molecule has 2 heterocycles. The van der Waals surface area contributed by atoms with Crippen molar-refractivity contribution < 1.29 is 14.7 Å². The summed E-state index contributed by atoms with van der Waals surface area (Å²) < 4.78 is 0. The van der Waals surface area contributed by atoms with Gasteiger partial charge in [0.15, 0.2) is 0 Å². The minimum absolute atomic E-state index is 0.0126. The monoisotopic (exact) mass is 310 g/mol. The Labute approximate surface area is 129 Å². The Kier molecular flexibility index (Phi) is 4.37. The number of carboxylic acid groups (broad SMARTS) is 1. The third kappa shape index (κ3) is 3.43. The minimum atomic E-state index is -0.818. The van der Waals surface area contributed by atoms with Gasteiger partial charge >= 0.3 is 5.97 Å². The average Bonchev–Trinajstić information content (AvgIpc) is 2.94. The number of nitrogens with zero attached hydrogens (tertiary/aromatic N) is 2. The van der Waals surface area contributed by atoms with Gasteiger partial charge in [0, 0.05) is 23.4 Å². The van der Waals surface area contributed by atoms with Crippen molar-refractivity contribution in [2.45, 2.75) is 52.0 Å². The fraction of sp³-hybridized carbons (Fsp3) is 0.667. The van der Waals surface area contributed by atoms with Gasteiger partial charge in [-0.25, -0.2) is 4.98 Å². The van der Waals surface area contributed by atoms with E-state index >= 15 is 0 Å². The Balaban J connectivity index is 2.02. The number of carbonyl (C=O) groups is 2. The van der Waals surface area contributed by atoms with Gasteiger partial charge in [0.25, 0.3) is 0 Å². The Morgan fingerprint density at radius 2 is 2.14 bits per heavy atom. The van der Waals surface area contributed by atoms with Crippen LogP contribution in [0.3, 0.4) is 0 Å². The third-order valence-corrected chi connectivity index (χ3v) is 5.24. The van der Waals surface area contributed by atoms with Crippen LogP contribution in [0.25, 0.3) is 0 Å². The van der Waals surface area contributed by atoms with Crippen molar-refractivity contribution in [1.82, 2.24) is 9.88 Å². The summed E-state index contributed by atoms with van der Waals surface area (Å²) in [5.74, 6) is -1.30. The summed E-state index contributed by atoms with van der Waals surface area (Å²) in [7, 11) is 0. The van der Waals surface area contributed by atoms with Gasteiger partial charge in [-0.1, -0.05) is 20.8 Å². The van der Waals surface area contributed by atoms with Crippen molar-refractivity contribution in [3.05, 3.63) is 16.1 Å². The maximum absolute atomic E-state index is 12.3. The Morgan fingerprint density at radius 3 is 2.62 bits per heavy atom. The molecule has 2 atom stereocenters. The van der Waals surface area contributed by atoms with Gasteiger partial charge in [-0.15, -0.1) is 11.3 Å². The highest BCUT2D eigenvalue weighted by molar-refractivity contribution is 7.09. The van der Waals surface area contributed by atoms with Gasteiger partial charge in [-0.05, 0) is 13.3 Å². The van der Waals surface area contributed by atoms with Crippen LogP contribution in [0, 0.1) is 5.92 Å². The second-order valence-electron chi connectivity index (χ2n) is 6.63. The number of hydrogen-bond acceptors (Lipinski definition) is 4. The molecule has 1 N–H and O–H groups in total. The molecular formula is C15H22N2O3S. The zero-order valence-corrected chi connectivity index (χ0v) is 13.7. The summed E-state index contributed by atoms with van der Waals surface area (Å²) >= 11 is 1.57. The topological polar surface area (TPSA) is 70.5 Å². The van der Waals surface area contributed by atoms with Crippen LogP contribution in [-0.4, -0.2) is 39.5 Å². The van der Waals surface area contributed by atoms with Gasteiger partial charge in [0.2, 0.25) is 5.91 Å². The van der Waals surface area contributed by atoms with Crippen LogP contribution >= 0.6 is 11.3 Å². The van der Waals surface area contributed by atoms with E-state index in [9.17, 15) is 9.59 Å². The molecule has 0 saturated carbocycles. The van der Waals surface area contributed by atoms with E-state index in [0.717, 1.165) is 10.7 Å². The van der Waals surface area contributed by atoms with Crippen molar-refractivity contribution in [2.24, 2.45) is 5.92 Å². The summed E-state index contributed by atoms with van der Waals surface area (Å²) in [6.07, 6.45) is 0.788. The quantitative estimate of drug-likeness (QED) is 0.930. The van der Waals surface area contributed by atoms with Crippen LogP contribution in [0.1, 0.15) is 44.8 Å². The van der Waals surface area contributed by atoms with Crippen molar-refractivity contribution >= 4 is 23.2 Å². The lowest BCUT2D eigenvalue weighted by atomic mass is 9.98. The molecule has 1 aliphatic heterocycles. The average molecular weight is 310 g/mol. The van der Waals surface area contributed by atoms with E-state index in [1.54, 1.807) is 16.2 Å². The summed E-state index contributed by atoms with van der Waals surface area (Å²) in [6, 6.07) is -0.240. The molecule has 0 radical (unpaired) electrons. The Bertz CT molecular complexity index is 547. The summed E-state index contributed by atoms with van der Waals surface area (Å²) in [4.78, 5) is 29.7. The first-order valence-electron chi connectivity index (χ1n) is 7.17. The molecule has 116 valence electrons. The molecule has 1 fully saturated rings. The van der Waals surface area contributed by atoms with E-state index < -0.39 is 11.9 Å². The van der Waals surface area contributed by atoms with Crippen molar-refractivity contribution in [3.8, 4) is 0 Å². The fourth-order valence-electron chi connectivity index (χ4n) is 2.61. The smallest absolute Gasteiger partial charge is 0.308 e. The first-order valence-corrected chi connectivity index (χ1v) is 8.05. The highest BCUT2D eigenvalue weighted by atomic mass is 32.1. The number of aliphatic carboxylic acids is 1. The van der Waals surface area contributed by atoms with Gasteiger partial charge in [0.05, 0.1) is 23.0 Å². The molecule has 21 heavy (non-hydrogen) atoms. The van der Waals surface area contributed by atoms with Crippen LogP contribution in [0.4, 0.5) is 0 Å². The summed E-state index contributed by atoms with van der Waals surface area (Å²) in [5.41, 5.74) is 0.766. The largest absolute Gasteiger partial charge is 0.481 e. The van der Waals surface area contributed by atoms with Crippen LogP contribution in [0.2, 0.25) is 0 Å². The second kappa shape index (κ2) is 5.75. The molecule has 1 aromatic heterocycles. The predicted octanol–water partition coefficient (Wildman–Crippen LogP) is 2.30. The Morgan fingerprint density at radius 1 is 1.48 bits per heavy atom. The van der Waals surface area contributed by atoms with Gasteiger partial charge in [0.1, 0.15) is 0 Å². The molecule has 0 aromatic carbocycles. The number of carbonyl (C=O) groups excluding carboxylic acids is 1. The molecule has 2 unspecified atom stereocenters. The van der Waals surface area contributed by atoms with Crippen LogP contribution in [0.15, 0.2) is 5.38 Å². The maximum Gasteiger partial charge on any atom is 0.308 e. The molecule has 0 aliphatic carbocycles. The normalized spacial score (nSPS) is 22.6. The lowest BCUT2D eigenvalue weighted by Gasteiger charge is -2.23. The minimum Gasteiger partial charge on any atom is -0.481 e. The van der Waals surface area contributed by atoms with E-state index in [0.29, 0.717) is 13.0 Å². The van der Waals surface area contributed by atoms with Crippen LogP contribution < -0.4 is 0 Å². The van der Waals surface area contributed by atoms with Gasteiger partial charge in [-0.2, -0.15) is 0 Å².